The van der Waals surface area contributed by atoms with Gasteiger partial charge in [0.05, 0.1) is 4.83 Å². The van der Waals surface area contributed by atoms with Gasteiger partial charge in [-0.3, -0.25) is 9.69 Å². The third-order valence-electron chi connectivity index (χ3n) is 1.84. The van der Waals surface area contributed by atoms with E-state index in [1.807, 2.05) is 11.9 Å². The van der Waals surface area contributed by atoms with Gasteiger partial charge < -0.3 is 5.11 Å². The molecule has 3 atom stereocenters. The summed E-state index contributed by atoms with van der Waals surface area (Å²) in [7, 11) is 1.81. The second-order valence-electron chi connectivity index (χ2n) is 2.68. The molecule has 5 heteroatoms. The maximum Gasteiger partial charge on any atom is 0.322 e. The minimum absolute atomic E-state index is 0.00463. The van der Waals surface area contributed by atoms with Crippen LogP contribution in [0.15, 0.2) is 0 Å². The van der Waals surface area contributed by atoms with Crippen molar-refractivity contribution in [3.8, 4) is 0 Å². The Morgan fingerprint density at radius 1 is 1.64 bits per heavy atom. The van der Waals surface area contributed by atoms with E-state index in [0.29, 0.717) is 0 Å². The predicted octanol–water partition coefficient (Wildman–Crippen LogP) is 0.912. The van der Waals surface area contributed by atoms with Gasteiger partial charge in [-0.2, -0.15) is 0 Å². The molecule has 1 aliphatic heterocycles. The molecule has 0 radical (unpaired) electrons. The summed E-state index contributed by atoms with van der Waals surface area (Å²) in [6.45, 7) is 0.771. The average molecular weight is 287 g/mol. The quantitative estimate of drug-likeness (QED) is 0.729. The zero-order valence-electron chi connectivity index (χ0n) is 6.00. The Kier molecular flexibility index (Phi) is 2.94. The van der Waals surface area contributed by atoms with Crippen molar-refractivity contribution in [1.29, 1.82) is 0 Å². The van der Waals surface area contributed by atoms with Gasteiger partial charge in [0.2, 0.25) is 0 Å². The minimum Gasteiger partial charge on any atom is -0.480 e. The fourth-order valence-corrected chi connectivity index (χ4v) is 2.80. The molecule has 0 spiro atoms. The second kappa shape index (κ2) is 3.41. The number of hydrogen-bond acceptors (Lipinski definition) is 2. The number of carboxylic acid groups (broad SMARTS) is 1. The molecule has 11 heavy (non-hydrogen) atoms. The highest BCUT2D eigenvalue weighted by Crippen LogP contribution is 2.28. The van der Waals surface area contributed by atoms with E-state index in [2.05, 4.69) is 31.9 Å². The smallest absolute Gasteiger partial charge is 0.322 e. The third-order valence-corrected chi connectivity index (χ3v) is 4.54. The average Bonchev–Trinajstić information content (AvgIpc) is 2.07. The molecule has 0 aromatic carbocycles. The van der Waals surface area contributed by atoms with Gasteiger partial charge in [-0.05, 0) is 7.05 Å². The highest BCUT2D eigenvalue weighted by Gasteiger charge is 2.41. The molecule has 1 aliphatic rings. The number of likely N-dealkylation sites (N-methyl/N-ethyl adjacent to an activating group) is 1. The SMILES string of the molecule is CN1CC(Br)C(Br)C1C(=O)O. The fourth-order valence-electron chi connectivity index (χ4n) is 1.26. The van der Waals surface area contributed by atoms with E-state index < -0.39 is 12.0 Å². The number of halogens is 2. The van der Waals surface area contributed by atoms with Gasteiger partial charge in [0.1, 0.15) is 6.04 Å². The van der Waals surface area contributed by atoms with Crippen molar-refractivity contribution in [2.75, 3.05) is 13.6 Å². The van der Waals surface area contributed by atoms with Crippen LogP contribution < -0.4 is 0 Å². The molecule has 0 aromatic heterocycles. The highest BCUT2D eigenvalue weighted by molar-refractivity contribution is 9.12. The Morgan fingerprint density at radius 3 is 2.36 bits per heavy atom. The summed E-state index contributed by atoms with van der Waals surface area (Å²) < 4.78 is 0. The first-order chi connectivity index (χ1) is 5.04. The number of hydrogen-bond donors (Lipinski definition) is 1. The predicted molar refractivity (Wildman–Crippen MR) is 49.5 cm³/mol. The number of carbonyl (C=O) groups is 1. The molecule has 1 saturated heterocycles. The van der Waals surface area contributed by atoms with Gasteiger partial charge in [-0.1, -0.05) is 31.9 Å². The van der Waals surface area contributed by atoms with Gasteiger partial charge in [0, 0.05) is 11.4 Å². The number of nitrogens with zero attached hydrogens (tertiary/aromatic N) is 1. The van der Waals surface area contributed by atoms with E-state index in [9.17, 15) is 4.79 Å². The zero-order chi connectivity index (χ0) is 8.59. The molecule has 0 bridgehead atoms. The summed E-state index contributed by atoms with van der Waals surface area (Å²) >= 11 is 6.74. The zero-order valence-corrected chi connectivity index (χ0v) is 9.17. The van der Waals surface area contributed by atoms with Crippen molar-refractivity contribution in [2.24, 2.45) is 0 Å². The molecule has 3 unspecified atom stereocenters. The van der Waals surface area contributed by atoms with Crippen molar-refractivity contribution in [2.45, 2.75) is 15.7 Å². The van der Waals surface area contributed by atoms with E-state index >= 15 is 0 Å². The van der Waals surface area contributed by atoms with Crippen molar-refractivity contribution >= 4 is 37.8 Å². The van der Waals surface area contributed by atoms with Crippen LogP contribution >= 0.6 is 31.9 Å². The van der Waals surface area contributed by atoms with Crippen molar-refractivity contribution < 1.29 is 9.90 Å². The van der Waals surface area contributed by atoms with Crippen molar-refractivity contribution in [3.05, 3.63) is 0 Å². The fraction of sp³-hybridized carbons (Fsp3) is 0.833. The standard InChI is InChI=1S/C6H9Br2NO2/c1-9-2-3(7)4(8)5(9)6(10)11/h3-5H,2H2,1H3,(H,10,11). The number of alkyl halides is 2. The largest absolute Gasteiger partial charge is 0.480 e. The van der Waals surface area contributed by atoms with Crippen molar-refractivity contribution in [3.63, 3.8) is 0 Å². The van der Waals surface area contributed by atoms with Crippen molar-refractivity contribution in [1.82, 2.24) is 4.90 Å². The van der Waals surface area contributed by atoms with Gasteiger partial charge in [0.15, 0.2) is 0 Å². The molecule has 1 fully saturated rings. The summed E-state index contributed by atoms with van der Waals surface area (Å²) in [5, 5.41) is 8.78. The van der Waals surface area contributed by atoms with Crippen LogP contribution in [0.2, 0.25) is 0 Å². The number of aliphatic carboxylic acids is 1. The summed E-state index contributed by atoms with van der Waals surface area (Å²) in [6.07, 6.45) is 0. The Balaban J connectivity index is 2.71. The lowest BCUT2D eigenvalue weighted by Crippen LogP contribution is -2.37. The topological polar surface area (TPSA) is 40.5 Å². The van der Waals surface area contributed by atoms with Gasteiger partial charge in [-0.25, -0.2) is 0 Å². The molecule has 0 saturated carbocycles. The third kappa shape index (κ3) is 1.76. The van der Waals surface area contributed by atoms with Gasteiger partial charge >= 0.3 is 5.97 Å². The lowest BCUT2D eigenvalue weighted by molar-refractivity contribution is -0.141. The lowest BCUT2D eigenvalue weighted by atomic mass is 10.2. The number of rotatable bonds is 1. The Labute approximate surface area is 82.0 Å². The summed E-state index contributed by atoms with van der Waals surface area (Å²) in [4.78, 5) is 12.7. The van der Waals surface area contributed by atoms with Gasteiger partial charge in [0.25, 0.3) is 0 Å². The first-order valence-corrected chi connectivity index (χ1v) is 5.08. The molecular formula is C6H9Br2NO2. The molecule has 64 valence electrons. The molecule has 1 heterocycles. The molecule has 0 aromatic rings. The first-order valence-electron chi connectivity index (χ1n) is 3.25. The molecule has 1 rings (SSSR count). The van der Waals surface area contributed by atoms with E-state index in [0.717, 1.165) is 6.54 Å². The molecule has 1 N–H and O–H groups in total. The number of carboxylic acids is 1. The maximum absolute atomic E-state index is 10.7. The normalized spacial score (nSPS) is 39.4. The van der Waals surface area contributed by atoms with Crippen LogP contribution in [0.25, 0.3) is 0 Å². The van der Waals surface area contributed by atoms with Gasteiger partial charge in [-0.15, -0.1) is 0 Å². The molecular weight excluding hydrogens is 278 g/mol. The van der Waals surface area contributed by atoms with Crippen LogP contribution in [0.5, 0.6) is 0 Å². The second-order valence-corrected chi connectivity index (χ2v) is 4.92. The lowest BCUT2D eigenvalue weighted by Gasteiger charge is -2.16. The van der Waals surface area contributed by atoms with Crippen LogP contribution in [0.1, 0.15) is 0 Å². The minimum atomic E-state index is -0.767. The Bertz CT molecular complexity index is 176. The van der Waals surface area contributed by atoms with Crippen LogP contribution in [0.4, 0.5) is 0 Å². The van der Waals surface area contributed by atoms with E-state index in [1.165, 1.54) is 0 Å². The van der Waals surface area contributed by atoms with E-state index in [-0.39, 0.29) is 9.65 Å². The monoisotopic (exact) mass is 285 g/mol. The summed E-state index contributed by atoms with van der Waals surface area (Å²) in [5.74, 6) is -0.767. The summed E-state index contributed by atoms with van der Waals surface area (Å²) in [6, 6.07) is -0.403. The molecule has 3 nitrogen and oxygen atoms in total. The maximum atomic E-state index is 10.7. The van der Waals surface area contributed by atoms with Crippen LogP contribution in [0.3, 0.4) is 0 Å². The van der Waals surface area contributed by atoms with Crippen LogP contribution in [-0.2, 0) is 4.79 Å². The van der Waals surface area contributed by atoms with E-state index in [4.69, 9.17) is 5.11 Å². The van der Waals surface area contributed by atoms with Crippen LogP contribution in [0, 0.1) is 0 Å². The van der Waals surface area contributed by atoms with E-state index in [1.54, 1.807) is 0 Å². The summed E-state index contributed by atoms with van der Waals surface area (Å²) in [5.41, 5.74) is 0. The molecule has 0 amide bonds. The van der Waals surface area contributed by atoms with Crippen LogP contribution in [-0.4, -0.2) is 45.3 Å². The highest BCUT2D eigenvalue weighted by atomic mass is 79.9. The Hall–Kier alpha value is 0.390. The first kappa shape index (κ1) is 9.48. The Morgan fingerprint density at radius 2 is 2.18 bits per heavy atom. The molecule has 0 aliphatic carbocycles. The number of likely N-dealkylation sites (tertiary alicyclic amines) is 1.